The zero-order valence-electron chi connectivity index (χ0n) is 15.3. The molecule has 2 fully saturated rings. The average Bonchev–Trinajstić information content (AvgIpc) is 3.32. The highest BCUT2D eigenvalue weighted by atomic mass is 16.6. The van der Waals surface area contributed by atoms with E-state index in [1.807, 2.05) is 0 Å². The van der Waals surface area contributed by atoms with Gasteiger partial charge < -0.3 is 4.42 Å². The van der Waals surface area contributed by atoms with Crippen molar-refractivity contribution >= 4 is 23.7 Å². The summed E-state index contributed by atoms with van der Waals surface area (Å²) in [7, 11) is 0. The lowest BCUT2D eigenvalue weighted by molar-refractivity contribution is -0.384. The second-order valence-corrected chi connectivity index (χ2v) is 7.55. The number of rotatable bonds is 4. The number of hydrazone groups is 1. The molecule has 2 bridgehead atoms. The molecule has 0 unspecified atom stereocenters. The fourth-order valence-electron chi connectivity index (χ4n) is 4.70. The molecular weight excluding hydrogens is 374 g/mol. The minimum atomic E-state index is -0.475. The van der Waals surface area contributed by atoms with E-state index in [1.165, 1.54) is 12.3 Å². The maximum atomic E-state index is 12.8. The van der Waals surface area contributed by atoms with E-state index < -0.39 is 4.92 Å². The van der Waals surface area contributed by atoms with Crippen LogP contribution in [0.1, 0.15) is 18.6 Å². The van der Waals surface area contributed by atoms with E-state index in [4.69, 9.17) is 4.42 Å². The van der Waals surface area contributed by atoms with Crippen molar-refractivity contribution in [3.8, 4) is 11.3 Å². The number of hydrogen-bond acceptors (Lipinski definition) is 6. The quantitative estimate of drug-likeness (QED) is 0.261. The minimum Gasteiger partial charge on any atom is -0.455 e. The van der Waals surface area contributed by atoms with Crippen molar-refractivity contribution in [2.45, 2.75) is 12.8 Å². The smallest absolute Gasteiger partial charge is 0.280 e. The van der Waals surface area contributed by atoms with Gasteiger partial charge in [-0.3, -0.25) is 19.7 Å². The molecule has 8 heteroatoms. The highest BCUT2D eigenvalue weighted by Crippen LogP contribution is 2.49. The highest BCUT2D eigenvalue weighted by molar-refractivity contribution is 6.06. The van der Waals surface area contributed by atoms with Crippen molar-refractivity contribution in [2.75, 3.05) is 0 Å². The van der Waals surface area contributed by atoms with Crippen molar-refractivity contribution < 1.29 is 18.9 Å². The van der Waals surface area contributed by atoms with E-state index >= 15 is 0 Å². The van der Waals surface area contributed by atoms with Crippen LogP contribution in [0.4, 0.5) is 5.69 Å². The number of para-hydroxylation sites is 1. The van der Waals surface area contributed by atoms with Crippen LogP contribution in [0.5, 0.6) is 0 Å². The van der Waals surface area contributed by atoms with Crippen LogP contribution in [0.3, 0.4) is 0 Å². The summed E-state index contributed by atoms with van der Waals surface area (Å²) in [6, 6.07) is 9.46. The zero-order valence-corrected chi connectivity index (χ0v) is 15.3. The first-order valence-electron chi connectivity index (χ1n) is 9.48. The summed E-state index contributed by atoms with van der Waals surface area (Å²) in [6.07, 6.45) is 7.27. The number of fused-ring (bicyclic) bond motifs is 1. The van der Waals surface area contributed by atoms with Crippen LogP contribution in [0.15, 0.2) is 58.1 Å². The Hall–Kier alpha value is -3.55. The molecule has 0 N–H and O–H groups in total. The number of benzene rings is 1. The maximum absolute atomic E-state index is 12.8. The molecule has 2 heterocycles. The van der Waals surface area contributed by atoms with Crippen molar-refractivity contribution in [3.05, 3.63) is 64.4 Å². The van der Waals surface area contributed by atoms with Crippen molar-refractivity contribution in [1.82, 2.24) is 5.01 Å². The molecule has 4 atom stereocenters. The van der Waals surface area contributed by atoms with E-state index in [0.717, 1.165) is 17.9 Å². The molecular formula is C21H17N3O5. The van der Waals surface area contributed by atoms with Crippen LogP contribution in [0.25, 0.3) is 11.3 Å². The Morgan fingerprint density at radius 3 is 2.31 bits per heavy atom. The molecule has 6 rings (SSSR count). The predicted octanol–water partition coefficient (Wildman–Crippen LogP) is 3.39. The first-order valence-corrected chi connectivity index (χ1v) is 9.48. The Bertz CT molecular complexity index is 1050. The molecule has 4 aliphatic rings. The molecule has 1 aromatic carbocycles. The normalized spacial score (nSPS) is 27.8. The summed E-state index contributed by atoms with van der Waals surface area (Å²) in [5.74, 6) is -0.332. The molecule has 0 spiro atoms. The van der Waals surface area contributed by atoms with Gasteiger partial charge in [-0.05, 0) is 42.9 Å². The Balaban J connectivity index is 1.39. The van der Waals surface area contributed by atoms with Gasteiger partial charge in [-0.2, -0.15) is 10.1 Å². The minimum absolute atomic E-state index is 0.0673. The number of nitrogens with zero attached hydrogens (tertiary/aromatic N) is 3. The van der Waals surface area contributed by atoms with Gasteiger partial charge in [0.05, 0.1) is 28.5 Å². The lowest BCUT2D eigenvalue weighted by atomic mass is 9.63. The number of amides is 2. The standard InChI is InChI=1S/C21H17N3O5/c25-20-18-12-5-6-13(8-7-12)19(18)21(26)23(20)22-11-14-9-10-17(29-14)15-3-1-2-4-16(15)24(27)28/h1-6,9-13,18-19H,7-8H2/b22-11-/t12-,13-,18-,19-/m0/s1. The first kappa shape index (κ1) is 17.5. The van der Waals surface area contributed by atoms with Gasteiger partial charge in [-0.15, -0.1) is 0 Å². The number of hydrogen-bond donors (Lipinski definition) is 0. The fraction of sp³-hybridized carbons (Fsp3) is 0.286. The summed E-state index contributed by atoms with van der Waals surface area (Å²) in [5, 5.41) is 16.3. The number of carbonyl (C=O) groups is 2. The Kier molecular flexibility index (Phi) is 3.94. The van der Waals surface area contributed by atoms with Crippen LogP contribution in [0, 0.1) is 33.8 Å². The van der Waals surface area contributed by atoms with Gasteiger partial charge in [0.25, 0.3) is 17.5 Å². The van der Waals surface area contributed by atoms with Gasteiger partial charge in [-0.25, -0.2) is 0 Å². The maximum Gasteiger partial charge on any atom is 0.280 e. The van der Waals surface area contributed by atoms with Gasteiger partial charge >= 0.3 is 0 Å². The Morgan fingerprint density at radius 2 is 1.69 bits per heavy atom. The molecule has 1 saturated heterocycles. The number of carbonyl (C=O) groups excluding carboxylic acids is 2. The first-order chi connectivity index (χ1) is 14.0. The second-order valence-electron chi connectivity index (χ2n) is 7.55. The third kappa shape index (κ3) is 2.71. The molecule has 2 aromatic rings. The summed E-state index contributed by atoms with van der Waals surface area (Å²) >= 11 is 0. The number of nitro groups is 1. The van der Waals surface area contributed by atoms with Crippen LogP contribution in [-0.4, -0.2) is 28.0 Å². The van der Waals surface area contributed by atoms with E-state index in [1.54, 1.807) is 30.3 Å². The van der Waals surface area contributed by atoms with E-state index in [9.17, 15) is 19.7 Å². The molecule has 1 aliphatic heterocycles. The van der Waals surface area contributed by atoms with Crippen molar-refractivity contribution in [1.29, 1.82) is 0 Å². The third-order valence-electron chi connectivity index (χ3n) is 6.03. The fourth-order valence-corrected chi connectivity index (χ4v) is 4.70. The van der Waals surface area contributed by atoms with E-state index in [0.29, 0.717) is 17.1 Å². The second kappa shape index (κ2) is 6.51. The molecule has 2 amide bonds. The summed E-state index contributed by atoms with van der Waals surface area (Å²) in [5.41, 5.74) is 0.279. The molecule has 1 aromatic heterocycles. The van der Waals surface area contributed by atoms with Gasteiger partial charge in [-0.1, -0.05) is 24.3 Å². The van der Waals surface area contributed by atoms with E-state index in [-0.39, 0.29) is 41.2 Å². The number of imide groups is 1. The molecule has 8 nitrogen and oxygen atoms in total. The van der Waals surface area contributed by atoms with Gasteiger partial charge in [0.1, 0.15) is 11.5 Å². The van der Waals surface area contributed by atoms with E-state index in [2.05, 4.69) is 17.3 Å². The molecule has 29 heavy (non-hydrogen) atoms. The number of nitro benzene ring substituents is 1. The third-order valence-corrected chi connectivity index (χ3v) is 6.03. The molecule has 1 saturated carbocycles. The summed E-state index contributed by atoms with van der Waals surface area (Å²) in [4.78, 5) is 36.3. The lowest BCUT2D eigenvalue weighted by Gasteiger charge is -2.37. The summed E-state index contributed by atoms with van der Waals surface area (Å²) in [6.45, 7) is 0. The van der Waals surface area contributed by atoms with Gasteiger partial charge in [0.2, 0.25) is 0 Å². The zero-order chi connectivity index (χ0) is 20.1. The Morgan fingerprint density at radius 1 is 1.03 bits per heavy atom. The molecule has 0 radical (unpaired) electrons. The average molecular weight is 391 g/mol. The summed E-state index contributed by atoms with van der Waals surface area (Å²) < 4.78 is 5.65. The SMILES string of the molecule is O=C1[C@@H]2[C@@H](C(=O)N1/N=C\c1ccc(-c3ccccc3[N+](=O)[O-])o1)[C@H]1C=C[C@H]2CC1. The number of furan rings is 1. The molecule has 3 aliphatic carbocycles. The largest absolute Gasteiger partial charge is 0.455 e. The van der Waals surface area contributed by atoms with Crippen LogP contribution in [-0.2, 0) is 9.59 Å². The van der Waals surface area contributed by atoms with Crippen LogP contribution >= 0.6 is 0 Å². The monoisotopic (exact) mass is 391 g/mol. The Labute approximate surface area is 165 Å². The predicted molar refractivity (Wildman–Crippen MR) is 103 cm³/mol. The van der Waals surface area contributed by atoms with Crippen molar-refractivity contribution in [2.24, 2.45) is 28.8 Å². The highest BCUT2D eigenvalue weighted by Gasteiger charge is 2.56. The molecule has 146 valence electrons. The van der Waals surface area contributed by atoms with Crippen LogP contribution in [0.2, 0.25) is 0 Å². The van der Waals surface area contributed by atoms with Gasteiger partial charge in [0, 0.05) is 6.07 Å². The van der Waals surface area contributed by atoms with Crippen LogP contribution < -0.4 is 0 Å². The van der Waals surface area contributed by atoms with Gasteiger partial charge in [0.15, 0.2) is 0 Å². The topological polar surface area (TPSA) is 106 Å². The number of allylic oxidation sites excluding steroid dienone is 2. The van der Waals surface area contributed by atoms with Crippen molar-refractivity contribution in [3.63, 3.8) is 0 Å². The lowest BCUT2D eigenvalue weighted by Crippen LogP contribution is -2.38.